The Morgan fingerprint density at radius 2 is 1.91 bits per heavy atom. The largest absolute Gasteiger partial charge is 0.336 e. The van der Waals surface area contributed by atoms with Crippen LogP contribution in [0.4, 0.5) is 5.82 Å². The van der Waals surface area contributed by atoms with E-state index >= 15 is 0 Å². The lowest BCUT2D eigenvalue weighted by molar-refractivity contribution is -0.118. The van der Waals surface area contributed by atoms with Crippen LogP contribution in [0.3, 0.4) is 0 Å². The number of nitrogens with one attached hydrogen (secondary N) is 3. The number of H-pyrrole nitrogens is 1. The van der Waals surface area contributed by atoms with E-state index in [1.165, 1.54) is 17.5 Å². The lowest BCUT2D eigenvalue weighted by Crippen LogP contribution is -2.36. The van der Waals surface area contributed by atoms with Crippen LogP contribution in [0.5, 0.6) is 0 Å². The van der Waals surface area contributed by atoms with Gasteiger partial charge in [0.25, 0.3) is 11.8 Å². The van der Waals surface area contributed by atoms with Crippen molar-refractivity contribution in [1.29, 1.82) is 0 Å². The van der Waals surface area contributed by atoms with Crippen molar-refractivity contribution in [1.82, 2.24) is 15.5 Å². The summed E-state index contributed by atoms with van der Waals surface area (Å²) in [7, 11) is 0. The number of amides is 2. The Hall–Kier alpha value is -2.93. The van der Waals surface area contributed by atoms with Crippen LogP contribution in [0.1, 0.15) is 21.3 Å². The molecule has 1 atom stereocenters. The van der Waals surface area contributed by atoms with Crippen molar-refractivity contribution in [3.8, 4) is 0 Å². The predicted molar refractivity (Wildman–Crippen MR) is 88.2 cm³/mol. The van der Waals surface area contributed by atoms with Gasteiger partial charge < -0.3 is 10.6 Å². The molecule has 0 aliphatic carbocycles. The summed E-state index contributed by atoms with van der Waals surface area (Å²) < 4.78 is 0. The molecule has 1 aromatic carbocycles. The smallest absolute Gasteiger partial charge is 0.262 e. The molecule has 0 bridgehead atoms. The average Bonchev–Trinajstić information content (AvgIpc) is 3.26. The van der Waals surface area contributed by atoms with Crippen LogP contribution in [0.15, 0.2) is 60.1 Å². The molecule has 6 nitrogen and oxygen atoms in total. The fraction of sp³-hybridized carbons (Fsp3) is 0.0625. The third-order valence-corrected chi connectivity index (χ3v) is 4.04. The quantitative estimate of drug-likeness (QED) is 0.673. The molecule has 0 fully saturated rings. The third kappa shape index (κ3) is 3.64. The van der Waals surface area contributed by atoms with E-state index in [0.29, 0.717) is 16.3 Å². The highest BCUT2D eigenvalue weighted by molar-refractivity contribution is 7.12. The second kappa shape index (κ2) is 6.89. The molecule has 0 unspecified atom stereocenters. The average molecular weight is 326 g/mol. The summed E-state index contributed by atoms with van der Waals surface area (Å²) >= 11 is 1.33. The second-order valence-electron chi connectivity index (χ2n) is 4.75. The first-order valence-electron chi connectivity index (χ1n) is 6.93. The molecule has 0 aliphatic rings. The zero-order valence-corrected chi connectivity index (χ0v) is 12.8. The van der Waals surface area contributed by atoms with Gasteiger partial charge in [0.15, 0.2) is 0 Å². The molecule has 3 N–H and O–H groups in total. The van der Waals surface area contributed by atoms with E-state index in [2.05, 4.69) is 20.8 Å². The number of carbonyl (C=O) groups excluding carboxylic acids is 2. The van der Waals surface area contributed by atoms with Crippen LogP contribution in [0.2, 0.25) is 0 Å². The monoisotopic (exact) mass is 326 g/mol. The minimum atomic E-state index is -0.797. The molecule has 0 spiro atoms. The Balaban J connectivity index is 1.82. The normalized spacial score (nSPS) is 11.7. The van der Waals surface area contributed by atoms with Crippen LogP contribution in [0.25, 0.3) is 0 Å². The molecule has 0 aliphatic heterocycles. The summed E-state index contributed by atoms with van der Waals surface area (Å²) in [6.07, 6.45) is 1.54. The van der Waals surface area contributed by atoms with Crippen LogP contribution in [-0.4, -0.2) is 22.0 Å². The highest BCUT2D eigenvalue weighted by Crippen LogP contribution is 2.17. The Morgan fingerprint density at radius 1 is 1.09 bits per heavy atom. The highest BCUT2D eigenvalue weighted by Gasteiger charge is 2.24. The first-order chi connectivity index (χ1) is 11.2. The second-order valence-corrected chi connectivity index (χ2v) is 5.70. The van der Waals surface area contributed by atoms with Gasteiger partial charge in [0.05, 0.1) is 11.1 Å². The summed E-state index contributed by atoms with van der Waals surface area (Å²) in [5.41, 5.74) is 0.703. The maximum Gasteiger partial charge on any atom is 0.262 e. The molecule has 0 saturated carbocycles. The Morgan fingerprint density at radius 3 is 2.57 bits per heavy atom. The maximum atomic E-state index is 12.5. The molecule has 2 amide bonds. The van der Waals surface area contributed by atoms with Gasteiger partial charge in [-0.3, -0.25) is 14.7 Å². The first kappa shape index (κ1) is 15.0. The molecule has 2 heterocycles. The number of nitrogens with zero attached hydrogens (tertiary/aromatic N) is 1. The van der Waals surface area contributed by atoms with Crippen molar-refractivity contribution in [2.75, 3.05) is 5.32 Å². The number of aromatic amines is 1. The van der Waals surface area contributed by atoms with Crippen molar-refractivity contribution >= 4 is 29.0 Å². The van der Waals surface area contributed by atoms with Gasteiger partial charge in [-0.15, -0.1) is 11.3 Å². The Bertz CT molecular complexity index is 770. The summed E-state index contributed by atoms with van der Waals surface area (Å²) in [5.74, 6) is -0.153. The van der Waals surface area contributed by atoms with Crippen molar-refractivity contribution < 1.29 is 9.59 Å². The minimum Gasteiger partial charge on any atom is -0.336 e. The molecule has 2 aromatic heterocycles. The SMILES string of the molecule is O=C(N[C@@H](C(=O)Nc1ccn[nH]1)c1ccccc1)c1cccs1. The van der Waals surface area contributed by atoms with E-state index < -0.39 is 6.04 Å². The van der Waals surface area contributed by atoms with Gasteiger partial charge >= 0.3 is 0 Å². The van der Waals surface area contributed by atoms with Crippen molar-refractivity contribution in [3.05, 3.63) is 70.5 Å². The number of rotatable bonds is 5. The molecule has 3 aromatic rings. The van der Waals surface area contributed by atoms with Gasteiger partial charge in [-0.05, 0) is 17.0 Å². The topological polar surface area (TPSA) is 86.9 Å². The number of hydrogen-bond acceptors (Lipinski definition) is 4. The molecule has 116 valence electrons. The summed E-state index contributed by atoms with van der Waals surface area (Å²) in [4.78, 5) is 25.4. The molecule has 0 saturated heterocycles. The number of carbonyl (C=O) groups is 2. The van der Waals surface area contributed by atoms with Gasteiger partial charge in [-0.25, -0.2) is 0 Å². The minimum absolute atomic E-state index is 0.284. The lowest BCUT2D eigenvalue weighted by atomic mass is 10.1. The Kier molecular flexibility index (Phi) is 4.49. The number of benzene rings is 1. The van der Waals surface area contributed by atoms with E-state index in [1.54, 1.807) is 30.3 Å². The zero-order valence-electron chi connectivity index (χ0n) is 12.0. The van der Waals surface area contributed by atoms with Crippen LogP contribution < -0.4 is 10.6 Å². The maximum absolute atomic E-state index is 12.5. The number of hydrogen-bond donors (Lipinski definition) is 3. The lowest BCUT2D eigenvalue weighted by Gasteiger charge is -2.18. The van der Waals surface area contributed by atoms with E-state index in [4.69, 9.17) is 0 Å². The number of aromatic nitrogens is 2. The van der Waals surface area contributed by atoms with E-state index in [9.17, 15) is 9.59 Å². The number of anilines is 1. The van der Waals surface area contributed by atoms with E-state index in [1.807, 2.05) is 23.6 Å². The molecular formula is C16H14N4O2S. The van der Waals surface area contributed by atoms with Crippen LogP contribution in [-0.2, 0) is 4.79 Å². The summed E-state index contributed by atoms with van der Waals surface area (Å²) in [6.45, 7) is 0. The molecule has 23 heavy (non-hydrogen) atoms. The third-order valence-electron chi connectivity index (χ3n) is 3.17. The van der Waals surface area contributed by atoms with Crippen molar-refractivity contribution in [3.63, 3.8) is 0 Å². The molecule has 0 radical (unpaired) electrons. The Labute approximate surface area is 136 Å². The van der Waals surface area contributed by atoms with Gasteiger partial charge in [0, 0.05) is 6.07 Å². The highest BCUT2D eigenvalue weighted by atomic mass is 32.1. The van der Waals surface area contributed by atoms with E-state index in [0.717, 1.165) is 0 Å². The fourth-order valence-corrected chi connectivity index (χ4v) is 2.71. The molecule has 7 heteroatoms. The van der Waals surface area contributed by atoms with Crippen LogP contribution >= 0.6 is 11.3 Å². The zero-order chi connectivity index (χ0) is 16.1. The van der Waals surface area contributed by atoms with Gasteiger partial charge in [-0.1, -0.05) is 36.4 Å². The standard InChI is InChI=1S/C16H14N4O2S/c21-15(12-7-4-10-23-12)19-14(11-5-2-1-3-6-11)16(22)18-13-8-9-17-20-13/h1-10,14H,(H,19,21)(H2,17,18,20,22)/t14-/m1/s1. The predicted octanol–water partition coefficient (Wildman–Crippen LogP) is 2.58. The van der Waals surface area contributed by atoms with E-state index in [-0.39, 0.29) is 11.8 Å². The van der Waals surface area contributed by atoms with Gasteiger partial charge in [0.2, 0.25) is 0 Å². The van der Waals surface area contributed by atoms with Crippen molar-refractivity contribution in [2.24, 2.45) is 0 Å². The summed E-state index contributed by atoms with van der Waals surface area (Å²) in [5, 5.41) is 13.7. The van der Waals surface area contributed by atoms with Crippen LogP contribution in [0, 0.1) is 0 Å². The van der Waals surface area contributed by atoms with Crippen molar-refractivity contribution in [2.45, 2.75) is 6.04 Å². The summed E-state index contributed by atoms with van der Waals surface area (Å²) in [6, 6.07) is 13.4. The number of thiophene rings is 1. The molecule has 3 rings (SSSR count). The first-order valence-corrected chi connectivity index (χ1v) is 7.81. The molecular weight excluding hydrogens is 312 g/mol. The van der Waals surface area contributed by atoms with Gasteiger partial charge in [0.1, 0.15) is 11.9 Å². The fourth-order valence-electron chi connectivity index (χ4n) is 2.09. The van der Waals surface area contributed by atoms with Gasteiger partial charge in [-0.2, -0.15) is 5.10 Å².